The van der Waals surface area contributed by atoms with Crippen molar-refractivity contribution in [1.29, 1.82) is 0 Å². The first kappa shape index (κ1) is 21.9. The van der Waals surface area contributed by atoms with Crippen molar-refractivity contribution in [3.05, 3.63) is 23.8 Å². The molecular formula is C22H31N3O5. The van der Waals surface area contributed by atoms with Gasteiger partial charge in [0.25, 0.3) is 5.91 Å². The molecule has 3 rings (SSSR count). The lowest BCUT2D eigenvalue weighted by Gasteiger charge is -2.22. The molecule has 8 nitrogen and oxygen atoms in total. The molecule has 1 saturated carbocycles. The van der Waals surface area contributed by atoms with Crippen molar-refractivity contribution in [1.82, 2.24) is 15.5 Å². The molecule has 2 aliphatic rings. The van der Waals surface area contributed by atoms with Crippen LogP contribution in [0.15, 0.2) is 18.2 Å². The molecule has 4 amide bonds. The summed E-state index contributed by atoms with van der Waals surface area (Å²) in [6.07, 6.45) is 6.63. The Hall–Kier alpha value is -2.77. The summed E-state index contributed by atoms with van der Waals surface area (Å²) in [6.45, 7) is 0.269. The monoisotopic (exact) mass is 417 g/mol. The maximum Gasteiger partial charge on any atom is 0.324 e. The number of urea groups is 1. The van der Waals surface area contributed by atoms with E-state index < -0.39 is 12.1 Å². The highest BCUT2D eigenvalue weighted by Gasteiger charge is 2.37. The van der Waals surface area contributed by atoms with Crippen LogP contribution in [0.2, 0.25) is 0 Å². The van der Waals surface area contributed by atoms with E-state index in [0.29, 0.717) is 24.3 Å². The Labute approximate surface area is 177 Å². The summed E-state index contributed by atoms with van der Waals surface area (Å²) in [5.74, 6) is 0.913. The number of hydrogen-bond acceptors (Lipinski definition) is 5. The molecule has 1 heterocycles. The van der Waals surface area contributed by atoms with Crippen molar-refractivity contribution < 1.29 is 23.9 Å². The normalized spacial score (nSPS) is 19.5. The Morgan fingerprint density at radius 2 is 1.87 bits per heavy atom. The lowest BCUT2D eigenvalue weighted by atomic mass is 9.95. The highest BCUT2D eigenvalue weighted by molar-refractivity contribution is 6.04. The lowest BCUT2D eigenvalue weighted by molar-refractivity contribution is -0.127. The number of imide groups is 1. The van der Waals surface area contributed by atoms with Gasteiger partial charge in [-0.25, -0.2) is 4.79 Å². The van der Waals surface area contributed by atoms with E-state index in [1.807, 2.05) is 12.1 Å². The predicted molar refractivity (Wildman–Crippen MR) is 112 cm³/mol. The second kappa shape index (κ2) is 10.3. The molecule has 1 aromatic carbocycles. The van der Waals surface area contributed by atoms with Crippen molar-refractivity contribution >= 4 is 17.8 Å². The molecule has 0 radical (unpaired) electrons. The summed E-state index contributed by atoms with van der Waals surface area (Å²) in [7, 11) is 3.13. The fourth-order valence-corrected chi connectivity index (χ4v) is 4.08. The second-order valence-electron chi connectivity index (χ2n) is 7.87. The molecule has 2 N–H and O–H groups in total. The Balaban J connectivity index is 1.47. The van der Waals surface area contributed by atoms with Gasteiger partial charge in [-0.2, -0.15) is 0 Å². The first-order valence-corrected chi connectivity index (χ1v) is 10.6. The fourth-order valence-electron chi connectivity index (χ4n) is 4.08. The highest BCUT2D eigenvalue weighted by Crippen LogP contribution is 2.28. The van der Waals surface area contributed by atoms with Crippen LogP contribution in [-0.2, 0) is 16.0 Å². The number of ether oxygens (including phenoxy) is 2. The number of carbonyl (C=O) groups is 3. The van der Waals surface area contributed by atoms with Gasteiger partial charge in [0.1, 0.15) is 6.04 Å². The quantitative estimate of drug-likeness (QED) is 0.602. The number of amides is 4. The number of nitrogens with zero attached hydrogens (tertiary/aromatic N) is 1. The molecule has 1 atom stereocenters. The van der Waals surface area contributed by atoms with Crippen LogP contribution in [0.25, 0.3) is 0 Å². The van der Waals surface area contributed by atoms with E-state index in [4.69, 9.17) is 9.47 Å². The number of hydrogen-bond donors (Lipinski definition) is 2. The van der Waals surface area contributed by atoms with E-state index in [2.05, 4.69) is 10.6 Å². The summed E-state index contributed by atoms with van der Waals surface area (Å²) < 4.78 is 10.5. The zero-order chi connectivity index (χ0) is 21.5. The summed E-state index contributed by atoms with van der Waals surface area (Å²) >= 11 is 0. The summed E-state index contributed by atoms with van der Waals surface area (Å²) in [6, 6.07) is 4.72. The van der Waals surface area contributed by atoms with Crippen LogP contribution in [0, 0.1) is 0 Å². The standard InChI is InChI=1S/C22H31N3O5/c1-29-18-10-8-15(14-19(18)30-2)12-13-25-21(27)17(24-22(25)28)9-11-20(26)23-16-6-4-3-5-7-16/h8,10,14,16-17H,3-7,9,11-13H2,1-2H3,(H,23,26)(H,24,28)/t17-/m1/s1. The maximum absolute atomic E-state index is 12.6. The minimum Gasteiger partial charge on any atom is -0.493 e. The van der Waals surface area contributed by atoms with E-state index >= 15 is 0 Å². The van der Waals surface area contributed by atoms with Gasteiger partial charge >= 0.3 is 6.03 Å². The van der Waals surface area contributed by atoms with E-state index in [1.165, 1.54) is 11.3 Å². The fraction of sp³-hybridized carbons (Fsp3) is 0.591. The maximum atomic E-state index is 12.6. The van der Waals surface area contributed by atoms with Gasteiger partial charge < -0.3 is 20.1 Å². The molecule has 1 aromatic rings. The van der Waals surface area contributed by atoms with E-state index in [-0.39, 0.29) is 30.8 Å². The van der Waals surface area contributed by atoms with Gasteiger partial charge in [0.15, 0.2) is 11.5 Å². The minimum absolute atomic E-state index is 0.0484. The summed E-state index contributed by atoms with van der Waals surface area (Å²) in [4.78, 5) is 38.3. The van der Waals surface area contributed by atoms with E-state index in [1.54, 1.807) is 20.3 Å². The van der Waals surface area contributed by atoms with Gasteiger partial charge in [-0.05, 0) is 43.4 Å². The third-order valence-corrected chi connectivity index (χ3v) is 5.81. The van der Waals surface area contributed by atoms with Crippen LogP contribution in [0.5, 0.6) is 11.5 Å². The summed E-state index contributed by atoms with van der Waals surface area (Å²) in [5, 5.41) is 5.75. The van der Waals surface area contributed by atoms with Gasteiger partial charge in [-0.3, -0.25) is 14.5 Å². The average Bonchev–Trinajstić information content (AvgIpc) is 3.03. The van der Waals surface area contributed by atoms with Crippen molar-refractivity contribution in [2.24, 2.45) is 0 Å². The first-order chi connectivity index (χ1) is 14.5. The topological polar surface area (TPSA) is 97.0 Å². The number of methoxy groups -OCH3 is 2. The smallest absolute Gasteiger partial charge is 0.324 e. The van der Waals surface area contributed by atoms with Gasteiger partial charge in [0.2, 0.25) is 5.91 Å². The molecule has 1 saturated heterocycles. The second-order valence-corrected chi connectivity index (χ2v) is 7.87. The lowest BCUT2D eigenvalue weighted by Crippen LogP contribution is -2.38. The van der Waals surface area contributed by atoms with Gasteiger partial charge in [0.05, 0.1) is 14.2 Å². The van der Waals surface area contributed by atoms with Crippen LogP contribution < -0.4 is 20.1 Å². The van der Waals surface area contributed by atoms with Crippen molar-refractivity contribution in [2.45, 2.75) is 63.5 Å². The Morgan fingerprint density at radius 3 is 2.57 bits per heavy atom. The average molecular weight is 418 g/mol. The molecule has 2 fully saturated rings. The van der Waals surface area contributed by atoms with Crippen molar-refractivity contribution in [3.63, 3.8) is 0 Å². The Kier molecular flexibility index (Phi) is 7.54. The van der Waals surface area contributed by atoms with Crippen molar-refractivity contribution in [2.75, 3.05) is 20.8 Å². The molecule has 0 spiro atoms. The third kappa shape index (κ3) is 5.43. The van der Waals surface area contributed by atoms with Crippen LogP contribution in [-0.4, -0.2) is 55.6 Å². The molecule has 1 aliphatic heterocycles. The zero-order valence-corrected chi connectivity index (χ0v) is 17.7. The first-order valence-electron chi connectivity index (χ1n) is 10.6. The highest BCUT2D eigenvalue weighted by atomic mass is 16.5. The van der Waals surface area contributed by atoms with Crippen LogP contribution in [0.4, 0.5) is 4.79 Å². The summed E-state index contributed by atoms with van der Waals surface area (Å²) in [5.41, 5.74) is 0.934. The Morgan fingerprint density at radius 1 is 1.13 bits per heavy atom. The molecule has 0 unspecified atom stereocenters. The molecule has 164 valence electrons. The number of rotatable bonds is 9. The van der Waals surface area contributed by atoms with Gasteiger partial charge in [-0.15, -0.1) is 0 Å². The largest absolute Gasteiger partial charge is 0.493 e. The van der Waals surface area contributed by atoms with Crippen LogP contribution in [0.3, 0.4) is 0 Å². The molecule has 30 heavy (non-hydrogen) atoms. The van der Waals surface area contributed by atoms with E-state index in [9.17, 15) is 14.4 Å². The van der Waals surface area contributed by atoms with Gasteiger partial charge in [0, 0.05) is 19.0 Å². The SMILES string of the molecule is COc1ccc(CCN2C(=O)N[C@H](CCC(=O)NC3CCCCC3)C2=O)cc1OC. The Bertz CT molecular complexity index is 776. The van der Waals surface area contributed by atoms with Crippen LogP contribution in [0.1, 0.15) is 50.5 Å². The third-order valence-electron chi connectivity index (χ3n) is 5.81. The molecule has 0 aromatic heterocycles. The molecular weight excluding hydrogens is 386 g/mol. The number of benzene rings is 1. The molecule has 8 heteroatoms. The molecule has 1 aliphatic carbocycles. The van der Waals surface area contributed by atoms with Gasteiger partial charge in [-0.1, -0.05) is 25.3 Å². The zero-order valence-electron chi connectivity index (χ0n) is 17.7. The number of nitrogens with one attached hydrogen (secondary N) is 2. The molecule has 0 bridgehead atoms. The van der Waals surface area contributed by atoms with Crippen LogP contribution >= 0.6 is 0 Å². The van der Waals surface area contributed by atoms with E-state index in [0.717, 1.165) is 31.2 Å². The van der Waals surface area contributed by atoms with Crippen molar-refractivity contribution in [3.8, 4) is 11.5 Å². The number of carbonyl (C=O) groups excluding carboxylic acids is 3. The predicted octanol–water partition coefficient (Wildman–Crippen LogP) is 2.40. The minimum atomic E-state index is -0.639.